The normalized spacial score (nSPS) is 9.75. The number of nitrogens with one attached hydrogen (secondary N) is 3. The van der Waals surface area contributed by atoms with Crippen molar-refractivity contribution in [3.8, 4) is 6.07 Å². The highest BCUT2D eigenvalue weighted by Gasteiger charge is 2.08. The third-order valence-electron chi connectivity index (χ3n) is 2.49. The summed E-state index contributed by atoms with van der Waals surface area (Å²) >= 11 is 0. The highest BCUT2D eigenvalue weighted by molar-refractivity contribution is 5.93. The van der Waals surface area contributed by atoms with Gasteiger partial charge in [0, 0.05) is 11.8 Å². The van der Waals surface area contributed by atoms with E-state index >= 15 is 0 Å². The number of aromatic amines is 2. The van der Waals surface area contributed by atoms with Crippen molar-refractivity contribution in [2.75, 3.05) is 5.32 Å². The summed E-state index contributed by atoms with van der Waals surface area (Å²) in [6, 6.07) is 9.63. The number of carbonyl (C=O) groups is 1. The van der Waals surface area contributed by atoms with Crippen molar-refractivity contribution < 1.29 is 4.79 Å². The summed E-state index contributed by atoms with van der Waals surface area (Å²) in [7, 11) is 0. The number of nitriles is 1. The Labute approximate surface area is 112 Å². The summed E-state index contributed by atoms with van der Waals surface area (Å²) in [5, 5.41) is 11.5. The second kappa shape index (κ2) is 5.67. The second-order valence-electron chi connectivity index (χ2n) is 4.00. The molecule has 1 amide bonds. The van der Waals surface area contributed by atoms with E-state index < -0.39 is 17.2 Å². The Balaban J connectivity index is 2.15. The first-order chi connectivity index (χ1) is 9.58. The van der Waals surface area contributed by atoms with Crippen LogP contribution in [0.15, 0.2) is 39.9 Å². The molecule has 1 heterocycles. The van der Waals surface area contributed by atoms with Gasteiger partial charge in [0.2, 0.25) is 5.91 Å². The Hall–Kier alpha value is -3.14. The van der Waals surface area contributed by atoms with E-state index in [1.165, 1.54) is 0 Å². The predicted octanol–water partition coefficient (Wildman–Crippen LogP) is 0.116. The third kappa shape index (κ3) is 3.20. The van der Waals surface area contributed by atoms with Gasteiger partial charge in [-0.05, 0) is 12.1 Å². The number of rotatable bonds is 3. The van der Waals surface area contributed by atoms with Gasteiger partial charge in [0.15, 0.2) is 0 Å². The first-order valence-corrected chi connectivity index (χ1v) is 5.70. The molecule has 0 unspecified atom stereocenters. The van der Waals surface area contributed by atoms with Gasteiger partial charge in [0.25, 0.3) is 5.56 Å². The van der Waals surface area contributed by atoms with E-state index in [-0.39, 0.29) is 12.1 Å². The van der Waals surface area contributed by atoms with Crippen LogP contribution in [0.4, 0.5) is 5.69 Å². The molecule has 0 fully saturated rings. The fraction of sp³-hybridized carbons (Fsp3) is 0.0769. The summed E-state index contributed by atoms with van der Waals surface area (Å²) in [5.74, 6) is -0.436. The lowest BCUT2D eigenvalue weighted by atomic mass is 10.2. The summed E-state index contributed by atoms with van der Waals surface area (Å²) in [5.41, 5.74) is -0.329. The number of anilines is 1. The molecule has 0 aliphatic rings. The molecule has 0 radical (unpaired) electrons. The molecule has 7 nitrogen and oxygen atoms in total. The van der Waals surface area contributed by atoms with E-state index in [0.29, 0.717) is 11.3 Å². The number of H-pyrrole nitrogens is 2. The molecular weight excluding hydrogens is 260 g/mol. The minimum atomic E-state index is -0.669. The lowest BCUT2D eigenvalue weighted by Gasteiger charge is -2.06. The zero-order valence-corrected chi connectivity index (χ0v) is 10.3. The van der Waals surface area contributed by atoms with E-state index in [4.69, 9.17) is 5.26 Å². The van der Waals surface area contributed by atoms with Crippen molar-refractivity contribution in [2.24, 2.45) is 0 Å². The zero-order chi connectivity index (χ0) is 14.5. The SMILES string of the molecule is N#Cc1ccccc1NC(=O)Cc1cc(=O)[nH]c(=O)[nH]1. The van der Waals surface area contributed by atoms with Crippen LogP contribution in [0.5, 0.6) is 0 Å². The lowest BCUT2D eigenvalue weighted by molar-refractivity contribution is -0.115. The smallest absolute Gasteiger partial charge is 0.325 e. The first-order valence-electron chi connectivity index (χ1n) is 5.70. The fourth-order valence-electron chi connectivity index (χ4n) is 1.67. The highest BCUT2D eigenvalue weighted by atomic mass is 16.2. The second-order valence-corrected chi connectivity index (χ2v) is 4.00. The average Bonchev–Trinajstić information content (AvgIpc) is 2.37. The van der Waals surface area contributed by atoms with Crippen LogP contribution in [0.2, 0.25) is 0 Å². The maximum absolute atomic E-state index is 11.8. The molecule has 0 atom stereocenters. The molecule has 3 N–H and O–H groups in total. The number of para-hydroxylation sites is 1. The van der Waals surface area contributed by atoms with Crippen molar-refractivity contribution in [3.63, 3.8) is 0 Å². The summed E-state index contributed by atoms with van der Waals surface area (Å²) in [6.07, 6.45) is -0.168. The first kappa shape index (κ1) is 13.3. The van der Waals surface area contributed by atoms with Gasteiger partial charge in [-0.25, -0.2) is 4.79 Å². The monoisotopic (exact) mass is 270 g/mol. The van der Waals surface area contributed by atoms with E-state index in [9.17, 15) is 14.4 Å². The summed E-state index contributed by atoms with van der Waals surface area (Å²) in [6.45, 7) is 0. The molecule has 2 aromatic rings. The third-order valence-corrected chi connectivity index (χ3v) is 2.49. The number of nitrogens with zero attached hydrogens (tertiary/aromatic N) is 1. The molecule has 0 aliphatic heterocycles. The number of hydrogen-bond donors (Lipinski definition) is 3. The van der Waals surface area contributed by atoms with E-state index in [1.807, 2.05) is 11.1 Å². The maximum Gasteiger partial charge on any atom is 0.325 e. The molecule has 100 valence electrons. The van der Waals surface area contributed by atoms with E-state index in [2.05, 4.69) is 10.3 Å². The number of carbonyl (C=O) groups excluding carboxylic acids is 1. The quantitative estimate of drug-likeness (QED) is 0.733. The molecule has 0 saturated carbocycles. The molecular formula is C13H10N4O3. The average molecular weight is 270 g/mol. The van der Waals surface area contributed by atoms with Crippen LogP contribution in [0.3, 0.4) is 0 Å². The van der Waals surface area contributed by atoms with E-state index in [1.54, 1.807) is 24.3 Å². The summed E-state index contributed by atoms with van der Waals surface area (Å²) < 4.78 is 0. The van der Waals surface area contributed by atoms with Crippen LogP contribution in [-0.4, -0.2) is 15.9 Å². The minimum Gasteiger partial charge on any atom is -0.325 e. The zero-order valence-electron chi connectivity index (χ0n) is 10.3. The maximum atomic E-state index is 11.8. The minimum absolute atomic E-state index is 0.168. The highest BCUT2D eigenvalue weighted by Crippen LogP contribution is 2.13. The van der Waals surface area contributed by atoms with Crippen LogP contribution in [0.25, 0.3) is 0 Å². The standard InChI is InChI=1S/C13H10N4O3/c14-7-8-3-1-2-4-10(8)16-11(18)5-9-6-12(19)17-13(20)15-9/h1-4,6H,5H2,(H,16,18)(H2,15,17,19,20). The van der Waals surface area contributed by atoms with Gasteiger partial charge in [-0.3, -0.25) is 14.6 Å². The Morgan fingerprint density at radius 2 is 2.00 bits per heavy atom. The number of amides is 1. The molecule has 0 aliphatic carbocycles. The van der Waals surface area contributed by atoms with Crippen molar-refractivity contribution in [3.05, 3.63) is 62.4 Å². The molecule has 1 aromatic heterocycles. The Kier molecular flexibility index (Phi) is 3.77. The van der Waals surface area contributed by atoms with Crippen LogP contribution in [0, 0.1) is 11.3 Å². The molecule has 0 saturated heterocycles. The van der Waals surface area contributed by atoms with Gasteiger partial charge in [0.1, 0.15) is 6.07 Å². The lowest BCUT2D eigenvalue weighted by Crippen LogP contribution is -2.25. The number of hydrogen-bond acceptors (Lipinski definition) is 4. The van der Waals surface area contributed by atoms with Crippen molar-refractivity contribution in [2.45, 2.75) is 6.42 Å². The molecule has 1 aromatic carbocycles. The van der Waals surface area contributed by atoms with Crippen LogP contribution in [-0.2, 0) is 11.2 Å². The molecule has 0 bridgehead atoms. The van der Waals surface area contributed by atoms with Crippen molar-refractivity contribution >= 4 is 11.6 Å². The van der Waals surface area contributed by atoms with Crippen molar-refractivity contribution in [1.82, 2.24) is 9.97 Å². The molecule has 7 heteroatoms. The summed E-state index contributed by atoms with van der Waals surface area (Å²) in [4.78, 5) is 38.4. The largest absolute Gasteiger partial charge is 0.325 e. The fourth-order valence-corrected chi connectivity index (χ4v) is 1.67. The predicted molar refractivity (Wildman–Crippen MR) is 71.2 cm³/mol. The molecule has 0 spiro atoms. The Morgan fingerprint density at radius 1 is 1.25 bits per heavy atom. The van der Waals surface area contributed by atoms with Crippen LogP contribution >= 0.6 is 0 Å². The van der Waals surface area contributed by atoms with Gasteiger partial charge in [-0.15, -0.1) is 0 Å². The number of benzene rings is 1. The topological polar surface area (TPSA) is 119 Å². The van der Waals surface area contributed by atoms with Gasteiger partial charge in [0.05, 0.1) is 17.7 Å². The number of aromatic nitrogens is 2. The van der Waals surface area contributed by atoms with Crippen LogP contribution in [0.1, 0.15) is 11.3 Å². The van der Waals surface area contributed by atoms with Crippen molar-refractivity contribution in [1.29, 1.82) is 5.26 Å². The van der Waals surface area contributed by atoms with Gasteiger partial charge in [-0.1, -0.05) is 12.1 Å². The molecule has 2 rings (SSSR count). The Morgan fingerprint density at radius 3 is 2.70 bits per heavy atom. The van der Waals surface area contributed by atoms with Gasteiger partial charge in [-0.2, -0.15) is 5.26 Å². The van der Waals surface area contributed by atoms with Crippen LogP contribution < -0.4 is 16.6 Å². The van der Waals surface area contributed by atoms with Gasteiger partial charge >= 0.3 is 5.69 Å². The molecule has 20 heavy (non-hydrogen) atoms. The Bertz CT molecular complexity index is 770. The van der Waals surface area contributed by atoms with E-state index in [0.717, 1.165) is 6.07 Å². The van der Waals surface area contributed by atoms with Gasteiger partial charge < -0.3 is 10.3 Å².